The number of anilines is 1. The maximum atomic E-state index is 12.2. The molecule has 3 rings (SSSR count). The Balaban J connectivity index is 1.69. The van der Waals surface area contributed by atoms with Gasteiger partial charge in [0.25, 0.3) is 0 Å². The third kappa shape index (κ3) is 4.92. The van der Waals surface area contributed by atoms with E-state index in [4.69, 9.17) is 11.6 Å². The second-order valence-corrected chi connectivity index (χ2v) is 7.89. The van der Waals surface area contributed by atoms with Gasteiger partial charge in [0, 0.05) is 22.8 Å². The third-order valence-electron chi connectivity index (χ3n) is 3.63. The maximum absolute atomic E-state index is 12.2. The van der Waals surface area contributed by atoms with E-state index in [9.17, 15) is 13.2 Å². The highest BCUT2D eigenvalue weighted by Gasteiger charge is 2.28. The molecule has 1 fully saturated rings. The molecule has 0 spiro atoms. The van der Waals surface area contributed by atoms with Crippen molar-refractivity contribution in [3.05, 3.63) is 65.2 Å². The van der Waals surface area contributed by atoms with Gasteiger partial charge in [-0.3, -0.25) is 4.79 Å². The van der Waals surface area contributed by atoms with E-state index in [0.717, 1.165) is 18.4 Å². The lowest BCUT2D eigenvalue weighted by atomic mass is 10.2. The van der Waals surface area contributed by atoms with Crippen LogP contribution in [-0.4, -0.2) is 20.4 Å². The van der Waals surface area contributed by atoms with E-state index in [1.54, 1.807) is 36.4 Å². The van der Waals surface area contributed by atoms with Gasteiger partial charge in [0.1, 0.15) is 0 Å². The molecule has 0 unspecified atom stereocenters. The molecule has 0 heterocycles. The maximum Gasteiger partial charge on any atom is 0.248 e. The highest BCUT2D eigenvalue weighted by atomic mass is 35.5. The van der Waals surface area contributed by atoms with Crippen LogP contribution < -0.4 is 10.0 Å². The van der Waals surface area contributed by atoms with Crippen molar-refractivity contribution < 1.29 is 13.2 Å². The summed E-state index contributed by atoms with van der Waals surface area (Å²) in [4.78, 5) is 12.2. The lowest BCUT2D eigenvalue weighted by molar-refractivity contribution is -0.111. The number of sulfonamides is 1. The highest BCUT2D eigenvalue weighted by Crippen LogP contribution is 2.23. The number of hydrogen-bond donors (Lipinski definition) is 2. The first kappa shape index (κ1) is 17.7. The van der Waals surface area contributed by atoms with Gasteiger partial charge in [-0.15, -0.1) is 0 Å². The van der Waals surface area contributed by atoms with Crippen LogP contribution >= 0.6 is 11.6 Å². The van der Waals surface area contributed by atoms with Gasteiger partial charge in [0.05, 0.1) is 4.90 Å². The summed E-state index contributed by atoms with van der Waals surface area (Å²) < 4.78 is 27.0. The Morgan fingerprint density at radius 1 is 1.12 bits per heavy atom. The van der Waals surface area contributed by atoms with Crippen LogP contribution in [0.2, 0.25) is 5.02 Å². The summed E-state index contributed by atoms with van der Waals surface area (Å²) >= 11 is 6.03. The SMILES string of the molecule is O=C(/C=C/c1ccccc1Cl)Nc1cccc(S(=O)(=O)NC2CC2)c1. The van der Waals surface area contributed by atoms with Crippen molar-refractivity contribution in [1.82, 2.24) is 4.72 Å². The Hall–Kier alpha value is -2.15. The quantitative estimate of drug-likeness (QED) is 0.758. The van der Waals surface area contributed by atoms with Crippen LogP contribution in [0.4, 0.5) is 5.69 Å². The molecule has 1 aliphatic rings. The number of halogens is 1. The number of amides is 1. The molecular weight excluding hydrogens is 360 g/mol. The zero-order valence-electron chi connectivity index (χ0n) is 13.3. The van der Waals surface area contributed by atoms with Gasteiger partial charge in [-0.2, -0.15) is 0 Å². The predicted octanol–water partition coefficient (Wildman–Crippen LogP) is 3.43. The van der Waals surface area contributed by atoms with Crippen molar-refractivity contribution in [2.75, 3.05) is 5.32 Å². The van der Waals surface area contributed by atoms with E-state index in [2.05, 4.69) is 10.0 Å². The highest BCUT2D eigenvalue weighted by molar-refractivity contribution is 7.89. The van der Waals surface area contributed by atoms with Crippen LogP contribution in [0, 0.1) is 0 Å². The topological polar surface area (TPSA) is 75.3 Å². The Morgan fingerprint density at radius 2 is 1.88 bits per heavy atom. The van der Waals surface area contributed by atoms with E-state index < -0.39 is 10.0 Å². The van der Waals surface area contributed by atoms with Crippen LogP contribution in [0.15, 0.2) is 59.5 Å². The number of nitrogens with one attached hydrogen (secondary N) is 2. The average Bonchev–Trinajstić information content (AvgIpc) is 3.38. The second kappa shape index (κ2) is 7.39. The minimum atomic E-state index is -3.55. The zero-order valence-corrected chi connectivity index (χ0v) is 14.8. The molecule has 130 valence electrons. The molecule has 0 radical (unpaired) electrons. The molecule has 0 aliphatic heterocycles. The molecule has 2 N–H and O–H groups in total. The van der Waals surface area contributed by atoms with Crippen LogP contribution in [-0.2, 0) is 14.8 Å². The molecule has 0 bridgehead atoms. The van der Waals surface area contributed by atoms with Crippen LogP contribution in [0.25, 0.3) is 6.08 Å². The number of benzene rings is 2. The van der Waals surface area contributed by atoms with Gasteiger partial charge < -0.3 is 5.32 Å². The van der Waals surface area contributed by atoms with E-state index >= 15 is 0 Å². The monoisotopic (exact) mass is 376 g/mol. The predicted molar refractivity (Wildman–Crippen MR) is 98.9 cm³/mol. The Morgan fingerprint density at radius 3 is 2.60 bits per heavy atom. The first-order valence-corrected chi connectivity index (χ1v) is 9.66. The fourth-order valence-electron chi connectivity index (χ4n) is 2.19. The minimum absolute atomic E-state index is 0.0294. The summed E-state index contributed by atoms with van der Waals surface area (Å²) in [5, 5.41) is 3.20. The molecule has 0 atom stereocenters. The molecule has 7 heteroatoms. The average molecular weight is 377 g/mol. The summed E-state index contributed by atoms with van der Waals surface area (Å²) in [5.41, 5.74) is 1.14. The Labute approximate surface area is 151 Å². The van der Waals surface area contributed by atoms with Gasteiger partial charge in [-0.1, -0.05) is 35.9 Å². The molecule has 1 amide bonds. The second-order valence-electron chi connectivity index (χ2n) is 5.77. The lowest BCUT2D eigenvalue weighted by Gasteiger charge is -2.08. The van der Waals surface area contributed by atoms with Crippen molar-refractivity contribution in [2.45, 2.75) is 23.8 Å². The van der Waals surface area contributed by atoms with Crippen molar-refractivity contribution >= 4 is 39.3 Å². The summed E-state index contributed by atoms with van der Waals surface area (Å²) in [5.74, 6) is -0.371. The minimum Gasteiger partial charge on any atom is -0.322 e. The molecule has 25 heavy (non-hydrogen) atoms. The summed E-state index contributed by atoms with van der Waals surface area (Å²) in [6.45, 7) is 0. The Bertz CT molecular complexity index is 921. The molecule has 0 aromatic heterocycles. The first-order chi connectivity index (χ1) is 11.9. The van der Waals surface area contributed by atoms with Crippen LogP contribution in [0.3, 0.4) is 0 Å². The normalized spacial score (nSPS) is 14.6. The molecule has 0 saturated heterocycles. The van der Waals surface area contributed by atoms with E-state index in [1.165, 1.54) is 18.2 Å². The van der Waals surface area contributed by atoms with Crippen LogP contribution in [0.1, 0.15) is 18.4 Å². The van der Waals surface area contributed by atoms with Gasteiger partial charge in [0.2, 0.25) is 15.9 Å². The molecule has 5 nitrogen and oxygen atoms in total. The number of carbonyl (C=O) groups is 1. The van der Waals surface area contributed by atoms with Crippen molar-refractivity contribution in [3.8, 4) is 0 Å². The van der Waals surface area contributed by atoms with E-state index in [0.29, 0.717) is 10.7 Å². The third-order valence-corrected chi connectivity index (χ3v) is 5.49. The van der Waals surface area contributed by atoms with Crippen molar-refractivity contribution in [3.63, 3.8) is 0 Å². The van der Waals surface area contributed by atoms with Gasteiger partial charge in [-0.05, 0) is 48.7 Å². The smallest absolute Gasteiger partial charge is 0.248 e. The largest absolute Gasteiger partial charge is 0.322 e. The van der Waals surface area contributed by atoms with Crippen molar-refractivity contribution in [2.24, 2.45) is 0 Å². The summed E-state index contributed by atoms with van der Waals surface area (Å²) in [6.07, 6.45) is 4.68. The number of hydrogen-bond acceptors (Lipinski definition) is 3. The molecular formula is C18H17ClN2O3S. The fraction of sp³-hybridized carbons (Fsp3) is 0.167. The lowest BCUT2D eigenvalue weighted by Crippen LogP contribution is -2.25. The van der Waals surface area contributed by atoms with Gasteiger partial charge >= 0.3 is 0 Å². The van der Waals surface area contributed by atoms with Gasteiger partial charge in [0.15, 0.2) is 0 Å². The number of rotatable bonds is 6. The Kier molecular flexibility index (Phi) is 5.22. The standard InChI is InChI=1S/C18H17ClN2O3S/c19-17-7-2-1-4-13(17)8-11-18(22)20-15-5-3-6-16(12-15)25(23,24)21-14-9-10-14/h1-8,11-12,14,21H,9-10H2,(H,20,22)/b11-8+. The molecule has 2 aromatic carbocycles. The number of carbonyl (C=O) groups excluding carboxylic acids is 1. The molecule has 1 aliphatic carbocycles. The summed E-state index contributed by atoms with van der Waals surface area (Å²) in [7, 11) is -3.55. The molecule has 1 saturated carbocycles. The van der Waals surface area contributed by atoms with E-state index in [1.807, 2.05) is 6.07 Å². The van der Waals surface area contributed by atoms with E-state index in [-0.39, 0.29) is 16.8 Å². The molecule has 2 aromatic rings. The van der Waals surface area contributed by atoms with Crippen LogP contribution in [0.5, 0.6) is 0 Å². The fourth-order valence-corrected chi connectivity index (χ4v) is 3.74. The van der Waals surface area contributed by atoms with Gasteiger partial charge in [-0.25, -0.2) is 13.1 Å². The van der Waals surface area contributed by atoms with Crippen molar-refractivity contribution in [1.29, 1.82) is 0 Å². The summed E-state index contributed by atoms with van der Waals surface area (Å²) in [6, 6.07) is 13.4. The first-order valence-electron chi connectivity index (χ1n) is 7.80. The zero-order chi connectivity index (χ0) is 17.9.